The van der Waals surface area contributed by atoms with Crippen LogP contribution in [0.2, 0.25) is 0 Å². The molecule has 0 aromatic heterocycles. The molecule has 1 aliphatic heterocycles. The molecule has 3 heteroatoms. The monoisotopic (exact) mass is 228 g/mol. The summed E-state index contributed by atoms with van der Waals surface area (Å²) in [5.41, 5.74) is 0.966. The average molecular weight is 229 g/mol. The van der Waals surface area contributed by atoms with E-state index in [0.29, 0.717) is 0 Å². The van der Waals surface area contributed by atoms with Gasteiger partial charge in [-0.15, -0.1) is 11.6 Å². The van der Waals surface area contributed by atoms with Gasteiger partial charge in [-0.1, -0.05) is 12.1 Å². The van der Waals surface area contributed by atoms with Gasteiger partial charge in [0.05, 0.1) is 11.5 Å². The number of ether oxygens (including phenoxy) is 1. The Morgan fingerprint density at radius 1 is 1.40 bits per heavy atom. The van der Waals surface area contributed by atoms with Gasteiger partial charge in [-0.25, -0.2) is 4.39 Å². The first-order chi connectivity index (χ1) is 7.25. The Kier molecular flexibility index (Phi) is 3.60. The minimum absolute atomic E-state index is 0.0753. The summed E-state index contributed by atoms with van der Waals surface area (Å²) in [6, 6.07) is 6.37. The van der Waals surface area contributed by atoms with E-state index in [1.54, 1.807) is 12.1 Å². The van der Waals surface area contributed by atoms with E-state index in [-0.39, 0.29) is 17.3 Å². The Bertz CT molecular complexity index is 306. The van der Waals surface area contributed by atoms with E-state index in [1.807, 2.05) is 0 Å². The molecule has 2 unspecified atom stereocenters. The standard InChI is InChI=1S/C12H14ClFO/c13-12(8-11-2-1-7-15-11)9-3-5-10(14)6-4-9/h3-6,11-12H,1-2,7-8H2. The van der Waals surface area contributed by atoms with Gasteiger partial charge in [0.15, 0.2) is 0 Å². The minimum Gasteiger partial charge on any atom is -0.378 e. The molecule has 1 heterocycles. The molecule has 0 aliphatic carbocycles. The van der Waals surface area contributed by atoms with Gasteiger partial charge in [0.25, 0.3) is 0 Å². The quantitative estimate of drug-likeness (QED) is 0.718. The molecule has 1 aliphatic rings. The minimum atomic E-state index is -0.222. The summed E-state index contributed by atoms with van der Waals surface area (Å²) in [6.45, 7) is 0.845. The van der Waals surface area contributed by atoms with Crippen molar-refractivity contribution in [3.05, 3.63) is 35.6 Å². The highest BCUT2D eigenvalue weighted by Crippen LogP contribution is 2.30. The van der Waals surface area contributed by atoms with Crippen LogP contribution in [0.4, 0.5) is 4.39 Å². The molecule has 1 nitrogen and oxygen atoms in total. The lowest BCUT2D eigenvalue weighted by Gasteiger charge is -2.14. The van der Waals surface area contributed by atoms with E-state index >= 15 is 0 Å². The fourth-order valence-electron chi connectivity index (χ4n) is 1.87. The maximum atomic E-state index is 12.7. The molecule has 82 valence electrons. The van der Waals surface area contributed by atoms with Crippen LogP contribution in [0.15, 0.2) is 24.3 Å². The second-order valence-electron chi connectivity index (χ2n) is 3.89. The van der Waals surface area contributed by atoms with Gasteiger partial charge in [0.1, 0.15) is 5.82 Å². The van der Waals surface area contributed by atoms with Crippen LogP contribution >= 0.6 is 11.6 Å². The Labute approximate surface area is 94.2 Å². The summed E-state index contributed by atoms with van der Waals surface area (Å²) in [5, 5.41) is -0.0753. The van der Waals surface area contributed by atoms with Crippen molar-refractivity contribution in [3.8, 4) is 0 Å². The lowest BCUT2D eigenvalue weighted by atomic mass is 10.0. The van der Waals surface area contributed by atoms with Crippen molar-refractivity contribution in [3.63, 3.8) is 0 Å². The van der Waals surface area contributed by atoms with Crippen molar-refractivity contribution < 1.29 is 9.13 Å². The molecule has 0 spiro atoms. The zero-order valence-electron chi connectivity index (χ0n) is 8.46. The van der Waals surface area contributed by atoms with E-state index in [9.17, 15) is 4.39 Å². The lowest BCUT2D eigenvalue weighted by Crippen LogP contribution is -2.08. The van der Waals surface area contributed by atoms with Crippen molar-refractivity contribution in [1.29, 1.82) is 0 Å². The summed E-state index contributed by atoms with van der Waals surface area (Å²) in [7, 11) is 0. The Morgan fingerprint density at radius 2 is 2.13 bits per heavy atom. The highest BCUT2D eigenvalue weighted by atomic mass is 35.5. The molecule has 2 atom stereocenters. The maximum Gasteiger partial charge on any atom is 0.123 e. The predicted octanol–water partition coefficient (Wildman–Crippen LogP) is 3.67. The smallest absolute Gasteiger partial charge is 0.123 e. The topological polar surface area (TPSA) is 9.23 Å². The molecule has 1 aromatic rings. The first kappa shape index (κ1) is 10.9. The number of hydrogen-bond acceptors (Lipinski definition) is 1. The van der Waals surface area contributed by atoms with Crippen molar-refractivity contribution in [1.82, 2.24) is 0 Å². The molecular weight excluding hydrogens is 215 g/mol. The van der Waals surface area contributed by atoms with E-state index in [1.165, 1.54) is 12.1 Å². The molecule has 0 N–H and O–H groups in total. The third-order valence-corrected chi connectivity index (χ3v) is 3.16. The van der Waals surface area contributed by atoms with Crippen LogP contribution < -0.4 is 0 Å². The van der Waals surface area contributed by atoms with Gasteiger partial charge < -0.3 is 4.74 Å². The highest BCUT2D eigenvalue weighted by molar-refractivity contribution is 6.20. The molecule has 1 aromatic carbocycles. The van der Waals surface area contributed by atoms with Crippen molar-refractivity contribution in [2.75, 3.05) is 6.61 Å². The zero-order valence-corrected chi connectivity index (χ0v) is 9.21. The SMILES string of the molecule is Fc1ccc(C(Cl)CC2CCCO2)cc1. The van der Waals surface area contributed by atoms with E-state index in [2.05, 4.69) is 0 Å². The largest absolute Gasteiger partial charge is 0.378 e. The van der Waals surface area contributed by atoms with Crippen molar-refractivity contribution in [2.24, 2.45) is 0 Å². The van der Waals surface area contributed by atoms with Crippen LogP contribution in [0.5, 0.6) is 0 Å². The predicted molar refractivity (Wildman–Crippen MR) is 58.6 cm³/mol. The normalized spacial score (nSPS) is 22.9. The fourth-order valence-corrected chi connectivity index (χ4v) is 2.21. The van der Waals surface area contributed by atoms with Gasteiger partial charge in [-0.05, 0) is 37.0 Å². The van der Waals surface area contributed by atoms with Crippen LogP contribution in [0.25, 0.3) is 0 Å². The van der Waals surface area contributed by atoms with Crippen LogP contribution in [-0.2, 0) is 4.74 Å². The second-order valence-corrected chi connectivity index (χ2v) is 4.42. The molecule has 0 saturated carbocycles. The lowest BCUT2D eigenvalue weighted by molar-refractivity contribution is 0.103. The van der Waals surface area contributed by atoms with E-state index in [4.69, 9.17) is 16.3 Å². The van der Waals surface area contributed by atoms with Crippen LogP contribution in [0.1, 0.15) is 30.2 Å². The van der Waals surface area contributed by atoms with Crippen molar-refractivity contribution in [2.45, 2.75) is 30.7 Å². The third-order valence-electron chi connectivity index (χ3n) is 2.73. The average Bonchev–Trinajstić information content (AvgIpc) is 2.71. The van der Waals surface area contributed by atoms with E-state index < -0.39 is 0 Å². The van der Waals surface area contributed by atoms with Gasteiger partial charge >= 0.3 is 0 Å². The number of benzene rings is 1. The Balaban J connectivity index is 1.94. The number of hydrogen-bond donors (Lipinski definition) is 0. The first-order valence-corrected chi connectivity index (χ1v) is 5.70. The van der Waals surface area contributed by atoms with Crippen molar-refractivity contribution >= 4 is 11.6 Å². The van der Waals surface area contributed by atoms with Gasteiger partial charge in [0.2, 0.25) is 0 Å². The zero-order chi connectivity index (χ0) is 10.7. The van der Waals surface area contributed by atoms with Crippen LogP contribution in [0.3, 0.4) is 0 Å². The van der Waals surface area contributed by atoms with Crippen LogP contribution in [-0.4, -0.2) is 12.7 Å². The number of rotatable bonds is 3. The maximum absolute atomic E-state index is 12.7. The first-order valence-electron chi connectivity index (χ1n) is 5.27. The molecule has 0 bridgehead atoms. The molecule has 1 fully saturated rings. The van der Waals surface area contributed by atoms with Gasteiger partial charge in [0, 0.05) is 6.61 Å². The summed E-state index contributed by atoms with van der Waals surface area (Å²) < 4.78 is 18.2. The molecule has 0 radical (unpaired) electrons. The Morgan fingerprint density at radius 3 is 2.73 bits per heavy atom. The second kappa shape index (κ2) is 4.95. The highest BCUT2D eigenvalue weighted by Gasteiger charge is 2.20. The fraction of sp³-hybridized carbons (Fsp3) is 0.500. The summed E-state index contributed by atoms with van der Waals surface area (Å²) >= 11 is 6.24. The summed E-state index contributed by atoms with van der Waals surface area (Å²) in [6.07, 6.45) is 3.30. The molecule has 2 rings (SSSR count). The summed E-state index contributed by atoms with van der Waals surface area (Å²) in [4.78, 5) is 0. The molecular formula is C12H14ClFO. The van der Waals surface area contributed by atoms with Gasteiger partial charge in [-0.2, -0.15) is 0 Å². The number of alkyl halides is 1. The van der Waals surface area contributed by atoms with Gasteiger partial charge in [-0.3, -0.25) is 0 Å². The molecule has 15 heavy (non-hydrogen) atoms. The summed E-state index contributed by atoms with van der Waals surface area (Å²) in [5.74, 6) is -0.222. The molecule has 1 saturated heterocycles. The van der Waals surface area contributed by atoms with Crippen LogP contribution in [0, 0.1) is 5.82 Å². The van der Waals surface area contributed by atoms with E-state index in [0.717, 1.165) is 31.4 Å². The molecule has 0 amide bonds. The Hall–Kier alpha value is -0.600. The third kappa shape index (κ3) is 2.93. The number of halogens is 2.